The topological polar surface area (TPSA) is 86.5 Å². The number of amides is 2. The van der Waals surface area contributed by atoms with Crippen molar-refractivity contribution in [3.63, 3.8) is 0 Å². The lowest BCUT2D eigenvalue weighted by Crippen LogP contribution is -2.48. The summed E-state index contributed by atoms with van der Waals surface area (Å²) in [7, 11) is 0. The molecule has 37 heavy (non-hydrogen) atoms. The van der Waals surface area contributed by atoms with Gasteiger partial charge in [-0.1, -0.05) is 24.3 Å². The average Bonchev–Trinajstić information content (AvgIpc) is 3.27. The molecule has 0 unspecified atom stereocenters. The Hall–Kier alpha value is -3.53. The maximum absolute atomic E-state index is 13.1. The Morgan fingerprint density at radius 3 is 2.65 bits per heavy atom. The van der Waals surface area contributed by atoms with Crippen LogP contribution in [0.15, 0.2) is 54.7 Å². The summed E-state index contributed by atoms with van der Waals surface area (Å²) in [6.45, 7) is 4.10. The average molecular weight is 517 g/mol. The molecule has 3 aromatic rings. The van der Waals surface area contributed by atoms with Gasteiger partial charge in [-0.3, -0.25) is 14.5 Å². The standard InChI is InChI=1S/C27H31F3N4O3/c1-18(35)31-9-10-32-26(36)20-11-19(17-37-23-6-4-5-22(12-23)27(28,29)30)14-34(15-20)16-21-13-33-25-8-3-2-7-24(21)25/h2-8,12-13,19-20,33H,9-11,14-17H2,1H3,(H,31,35)(H,32,36)/t19-,20+/m0/s1. The molecule has 10 heteroatoms. The van der Waals surface area contributed by atoms with Crippen LogP contribution in [0.25, 0.3) is 10.9 Å². The lowest BCUT2D eigenvalue weighted by molar-refractivity contribution is -0.137. The second kappa shape index (κ2) is 11.7. The molecular formula is C27H31F3N4O3. The molecule has 0 saturated carbocycles. The van der Waals surface area contributed by atoms with Gasteiger partial charge in [0.05, 0.1) is 18.1 Å². The molecule has 2 heterocycles. The van der Waals surface area contributed by atoms with Crippen molar-refractivity contribution in [1.29, 1.82) is 0 Å². The van der Waals surface area contributed by atoms with Gasteiger partial charge in [-0.05, 0) is 36.2 Å². The number of hydrogen-bond donors (Lipinski definition) is 3. The van der Waals surface area contributed by atoms with E-state index in [1.54, 1.807) is 0 Å². The fraction of sp³-hybridized carbons (Fsp3) is 0.407. The van der Waals surface area contributed by atoms with Crippen molar-refractivity contribution < 1.29 is 27.5 Å². The number of alkyl halides is 3. The molecule has 4 rings (SSSR count). The third kappa shape index (κ3) is 7.25. The Morgan fingerprint density at radius 1 is 1.08 bits per heavy atom. The van der Waals surface area contributed by atoms with Gasteiger partial charge < -0.3 is 20.4 Å². The van der Waals surface area contributed by atoms with Crippen LogP contribution in [-0.4, -0.2) is 54.5 Å². The Morgan fingerprint density at radius 2 is 1.86 bits per heavy atom. The highest BCUT2D eigenvalue weighted by Crippen LogP contribution is 2.32. The van der Waals surface area contributed by atoms with Crippen LogP contribution in [0.5, 0.6) is 5.75 Å². The first kappa shape index (κ1) is 26.5. The van der Waals surface area contributed by atoms with E-state index in [4.69, 9.17) is 4.74 Å². The summed E-state index contributed by atoms with van der Waals surface area (Å²) in [4.78, 5) is 29.5. The number of nitrogens with one attached hydrogen (secondary N) is 3. The first-order valence-corrected chi connectivity index (χ1v) is 12.3. The monoisotopic (exact) mass is 516 g/mol. The van der Waals surface area contributed by atoms with Gasteiger partial charge in [0.1, 0.15) is 5.75 Å². The number of fused-ring (bicyclic) bond motifs is 1. The molecule has 1 fully saturated rings. The molecule has 3 N–H and O–H groups in total. The molecule has 198 valence electrons. The van der Waals surface area contributed by atoms with Crippen molar-refractivity contribution >= 4 is 22.7 Å². The number of likely N-dealkylation sites (tertiary alicyclic amines) is 1. The lowest BCUT2D eigenvalue weighted by Gasteiger charge is -2.37. The fourth-order valence-corrected chi connectivity index (χ4v) is 4.79. The number of benzene rings is 2. The van der Waals surface area contributed by atoms with E-state index in [1.807, 2.05) is 30.5 Å². The third-order valence-corrected chi connectivity index (χ3v) is 6.50. The number of para-hydroxylation sites is 1. The quantitative estimate of drug-likeness (QED) is 0.376. The molecule has 0 radical (unpaired) electrons. The van der Waals surface area contributed by atoms with Crippen LogP contribution in [0, 0.1) is 11.8 Å². The molecule has 2 aromatic carbocycles. The minimum Gasteiger partial charge on any atom is -0.493 e. The molecule has 1 aliphatic rings. The number of carbonyl (C=O) groups excluding carboxylic acids is 2. The second-order valence-corrected chi connectivity index (χ2v) is 9.46. The number of nitrogens with zero attached hydrogens (tertiary/aromatic N) is 1. The summed E-state index contributed by atoms with van der Waals surface area (Å²) in [6, 6.07) is 12.8. The molecule has 1 aromatic heterocycles. The maximum atomic E-state index is 13.1. The molecule has 1 saturated heterocycles. The minimum atomic E-state index is -4.44. The lowest BCUT2D eigenvalue weighted by atomic mass is 9.88. The van der Waals surface area contributed by atoms with E-state index in [2.05, 4.69) is 20.5 Å². The molecule has 2 amide bonds. The van der Waals surface area contributed by atoms with E-state index in [0.717, 1.165) is 28.6 Å². The summed E-state index contributed by atoms with van der Waals surface area (Å²) in [5.74, 6) is -0.493. The molecular weight excluding hydrogens is 485 g/mol. The van der Waals surface area contributed by atoms with Crippen LogP contribution in [0.3, 0.4) is 0 Å². The van der Waals surface area contributed by atoms with E-state index in [-0.39, 0.29) is 36.0 Å². The SMILES string of the molecule is CC(=O)NCCNC(=O)[C@@H]1C[C@H](COc2cccc(C(F)(F)F)c2)CN(Cc2c[nH]c3ccccc23)C1. The van der Waals surface area contributed by atoms with E-state index < -0.39 is 11.7 Å². The molecule has 0 spiro atoms. The van der Waals surface area contributed by atoms with Crippen molar-refractivity contribution in [2.45, 2.75) is 26.1 Å². The van der Waals surface area contributed by atoms with Gasteiger partial charge in [0, 0.05) is 62.7 Å². The number of rotatable bonds is 9. The van der Waals surface area contributed by atoms with Gasteiger partial charge in [0.25, 0.3) is 0 Å². The van der Waals surface area contributed by atoms with Crippen molar-refractivity contribution in [3.05, 3.63) is 65.9 Å². The Balaban J connectivity index is 1.44. The number of carbonyl (C=O) groups is 2. The summed E-state index contributed by atoms with van der Waals surface area (Å²) in [6.07, 6.45) is -1.92. The fourth-order valence-electron chi connectivity index (χ4n) is 4.79. The van der Waals surface area contributed by atoms with Gasteiger partial charge in [-0.2, -0.15) is 13.2 Å². The first-order valence-electron chi connectivity index (χ1n) is 12.3. The number of halogens is 3. The highest BCUT2D eigenvalue weighted by atomic mass is 19.4. The van der Waals surface area contributed by atoms with E-state index in [1.165, 1.54) is 19.1 Å². The normalized spacial score (nSPS) is 18.5. The van der Waals surface area contributed by atoms with Gasteiger partial charge in [0.15, 0.2) is 0 Å². The third-order valence-electron chi connectivity index (χ3n) is 6.50. The van der Waals surface area contributed by atoms with Crippen LogP contribution >= 0.6 is 0 Å². The van der Waals surface area contributed by atoms with Crippen molar-refractivity contribution in [2.24, 2.45) is 11.8 Å². The van der Waals surface area contributed by atoms with Crippen LogP contribution in [0.2, 0.25) is 0 Å². The zero-order valence-corrected chi connectivity index (χ0v) is 20.6. The van der Waals surface area contributed by atoms with Crippen LogP contribution in [0.1, 0.15) is 24.5 Å². The molecule has 7 nitrogen and oxygen atoms in total. The summed E-state index contributed by atoms with van der Waals surface area (Å²) >= 11 is 0. The van der Waals surface area contributed by atoms with Crippen molar-refractivity contribution in [2.75, 3.05) is 32.8 Å². The van der Waals surface area contributed by atoms with Crippen molar-refractivity contribution in [1.82, 2.24) is 20.5 Å². The molecule has 1 aliphatic heterocycles. The van der Waals surface area contributed by atoms with Crippen molar-refractivity contribution in [3.8, 4) is 5.75 Å². The number of hydrogen-bond acceptors (Lipinski definition) is 4. The number of aromatic amines is 1. The van der Waals surface area contributed by atoms with Gasteiger partial charge >= 0.3 is 6.18 Å². The van der Waals surface area contributed by atoms with Gasteiger partial charge in [-0.15, -0.1) is 0 Å². The molecule has 2 atom stereocenters. The van der Waals surface area contributed by atoms with Crippen LogP contribution in [-0.2, 0) is 22.3 Å². The summed E-state index contributed by atoms with van der Waals surface area (Å²) < 4.78 is 45.0. The largest absolute Gasteiger partial charge is 0.493 e. The number of aromatic nitrogens is 1. The highest BCUT2D eigenvalue weighted by molar-refractivity contribution is 5.83. The molecule has 0 bridgehead atoms. The Labute approximate surface area is 213 Å². The predicted octanol–water partition coefficient (Wildman–Crippen LogP) is 3.96. The van der Waals surface area contributed by atoms with E-state index >= 15 is 0 Å². The number of H-pyrrole nitrogens is 1. The van der Waals surface area contributed by atoms with Crippen LogP contribution < -0.4 is 15.4 Å². The smallest absolute Gasteiger partial charge is 0.416 e. The Kier molecular flexibility index (Phi) is 8.38. The second-order valence-electron chi connectivity index (χ2n) is 9.46. The zero-order valence-electron chi connectivity index (χ0n) is 20.6. The van der Waals surface area contributed by atoms with E-state index in [0.29, 0.717) is 39.1 Å². The zero-order chi connectivity index (χ0) is 26.4. The highest BCUT2D eigenvalue weighted by Gasteiger charge is 2.33. The number of piperidine rings is 1. The summed E-state index contributed by atoms with van der Waals surface area (Å²) in [5, 5.41) is 6.65. The Bertz CT molecular complexity index is 1230. The summed E-state index contributed by atoms with van der Waals surface area (Å²) in [5.41, 5.74) is 1.39. The molecule has 0 aliphatic carbocycles. The first-order chi connectivity index (χ1) is 17.7. The van der Waals surface area contributed by atoms with Crippen LogP contribution in [0.4, 0.5) is 13.2 Å². The predicted molar refractivity (Wildman–Crippen MR) is 134 cm³/mol. The minimum absolute atomic E-state index is 0.0559. The van der Waals surface area contributed by atoms with E-state index in [9.17, 15) is 22.8 Å². The van der Waals surface area contributed by atoms with Gasteiger partial charge in [0.2, 0.25) is 11.8 Å². The maximum Gasteiger partial charge on any atom is 0.416 e. The van der Waals surface area contributed by atoms with Gasteiger partial charge in [-0.25, -0.2) is 0 Å². The number of ether oxygens (including phenoxy) is 1.